The number of Topliss-reactive ketones (excluding diaryl/α,β-unsaturated/α-hetero) is 2. The minimum atomic E-state index is -1.67. The van der Waals surface area contributed by atoms with Crippen molar-refractivity contribution >= 4 is 29.8 Å². The Bertz CT molecular complexity index is 2410. The SMILES string of the molecule is C#CCOc1c(F)cc(C(=O)O)cc1F.C#CCOc1c(F)cc(C(C)=O)cc1F.CC(=O)c1cc(F)c(F)c(F)c1.O=C(O)c1cc(F)c(F)c(F)c1.O=Cc1cc(F)c(F)c(F)c1. The van der Waals surface area contributed by atoms with Crippen molar-refractivity contribution in [1.82, 2.24) is 0 Å². The molecule has 0 saturated heterocycles. The standard InChI is InChI=1S/C11H8F2O2.C10H6F2O3.C8H5F3O.C7H3F3O2.C7H3F3O/c1-3-4-15-11-9(12)5-8(7(2)14)6-10(11)13;1-2-3-15-9-7(11)4-6(10(13)14)5-8(9)12;1-4(12)5-2-6(9)8(11)7(10)3-5;8-4-1-3(7(11)12)2-5(9)6(4)10;8-5-1-4(3-11)2-6(9)7(5)10/h1,5-6H,4H2,2H3;1,4-5H,3H2,(H,13,14);2-3H,1H3;1-2H,(H,11,12);1-3H. The van der Waals surface area contributed by atoms with Crippen molar-refractivity contribution in [2.75, 3.05) is 13.2 Å². The van der Waals surface area contributed by atoms with Crippen LogP contribution in [-0.2, 0) is 0 Å². The molecule has 65 heavy (non-hydrogen) atoms. The third-order valence-electron chi connectivity index (χ3n) is 7.01. The first-order valence-electron chi connectivity index (χ1n) is 16.8. The summed E-state index contributed by atoms with van der Waals surface area (Å²) in [4.78, 5) is 52.0. The summed E-state index contributed by atoms with van der Waals surface area (Å²) < 4.78 is 173. The Balaban J connectivity index is 0.000000408. The summed E-state index contributed by atoms with van der Waals surface area (Å²) in [5, 5.41) is 16.8. The van der Waals surface area contributed by atoms with E-state index in [4.69, 9.17) is 23.1 Å². The van der Waals surface area contributed by atoms with Crippen molar-refractivity contribution < 1.29 is 101 Å². The average Bonchev–Trinajstić information content (AvgIpc) is 3.23. The highest BCUT2D eigenvalue weighted by atomic mass is 19.2. The topological polar surface area (TPSA) is 144 Å². The van der Waals surface area contributed by atoms with E-state index in [0.717, 1.165) is 19.1 Å². The van der Waals surface area contributed by atoms with Crippen LogP contribution < -0.4 is 9.47 Å². The number of halogens is 13. The van der Waals surface area contributed by atoms with Crippen LogP contribution in [0.15, 0.2) is 60.7 Å². The van der Waals surface area contributed by atoms with Gasteiger partial charge in [-0.2, -0.15) is 0 Å². The molecule has 342 valence electrons. The number of carbonyl (C=O) groups is 5. The number of benzene rings is 5. The van der Waals surface area contributed by atoms with Gasteiger partial charge in [0.2, 0.25) is 0 Å². The fraction of sp³-hybridized carbons (Fsp3) is 0.0930. The van der Waals surface area contributed by atoms with Gasteiger partial charge in [-0.3, -0.25) is 14.4 Å². The molecular formula is C43H25F13O9. The normalized spacial score (nSPS) is 9.68. The number of ether oxygens (including phenoxy) is 2. The summed E-state index contributed by atoms with van der Waals surface area (Å²) in [5.74, 6) is -18.2. The quantitative estimate of drug-likeness (QED) is 0.0485. The number of aromatic carboxylic acids is 2. The zero-order valence-electron chi connectivity index (χ0n) is 32.6. The van der Waals surface area contributed by atoms with Crippen molar-refractivity contribution in [2.45, 2.75) is 13.8 Å². The summed E-state index contributed by atoms with van der Waals surface area (Å²) in [5.41, 5.74) is -1.55. The number of carboxylic acid groups (broad SMARTS) is 2. The molecule has 22 heteroatoms. The molecule has 0 unspecified atom stereocenters. The fourth-order valence-electron chi connectivity index (χ4n) is 4.03. The summed E-state index contributed by atoms with van der Waals surface area (Å²) in [7, 11) is 0. The van der Waals surface area contributed by atoms with E-state index in [1.54, 1.807) is 0 Å². The van der Waals surface area contributed by atoms with Gasteiger partial charge >= 0.3 is 11.9 Å². The smallest absolute Gasteiger partial charge is 0.335 e. The third kappa shape index (κ3) is 16.9. The van der Waals surface area contributed by atoms with Crippen LogP contribution in [0.1, 0.15) is 65.6 Å². The van der Waals surface area contributed by atoms with E-state index < -0.39 is 122 Å². The first-order valence-corrected chi connectivity index (χ1v) is 16.8. The predicted molar refractivity (Wildman–Crippen MR) is 200 cm³/mol. The maximum absolute atomic E-state index is 13.2. The maximum atomic E-state index is 13.2. The van der Waals surface area contributed by atoms with Gasteiger partial charge in [-0.15, -0.1) is 12.8 Å². The minimum absolute atomic E-state index is 0.0435. The Morgan fingerprint density at radius 1 is 0.462 bits per heavy atom. The second-order valence-corrected chi connectivity index (χ2v) is 11.7. The lowest BCUT2D eigenvalue weighted by atomic mass is 10.1. The molecule has 0 spiro atoms. The molecule has 0 radical (unpaired) electrons. The lowest BCUT2D eigenvalue weighted by Crippen LogP contribution is -2.03. The number of hydrogen-bond acceptors (Lipinski definition) is 7. The highest BCUT2D eigenvalue weighted by Gasteiger charge is 2.17. The van der Waals surface area contributed by atoms with Crippen LogP contribution in [0.2, 0.25) is 0 Å². The first kappa shape index (κ1) is 54.9. The fourth-order valence-corrected chi connectivity index (χ4v) is 4.03. The van der Waals surface area contributed by atoms with Gasteiger partial charge in [-0.1, -0.05) is 11.8 Å². The number of aldehydes is 1. The van der Waals surface area contributed by atoms with Crippen LogP contribution in [0.25, 0.3) is 0 Å². The van der Waals surface area contributed by atoms with Crippen molar-refractivity contribution in [2.24, 2.45) is 0 Å². The molecule has 0 bridgehead atoms. The lowest BCUT2D eigenvalue weighted by Gasteiger charge is -2.06. The predicted octanol–water partition coefficient (Wildman–Crippen LogP) is 9.88. The van der Waals surface area contributed by atoms with E-state index in [0.29, 0.717) is 48.5 Å². The molecule has 5 aromatic carbocycles. The van der Waals surface area contributed by atoms with E-state index in [2.05, 4.69) is 15.4 Å². The molecule has 0 fully saturated rings. The Labute approximate surface area is 357 Å². The molecule has 9 nitrogen and oxygen atoms in total. The molecule has 0 atom stereocenters. The van der Waals surface area contributed by atoms with E-state index in [1.807, 2.05) is 5.92 Å². The zero-order valence-corrected chi connectivity index (χ0v) is 32.6. The van der Waals surface area contributed by atoms with Crippen molar-refractivity contribution in [3.05, 3.63) is 164 Å². The molecule has 5 rings (SSSR count). The Morgan fingerprint density at radius 2 is 0.692 bits per heavy atom. The van der Waals surface area contributed by atoms with Crippen LogP contribution in [0.4, 0.5) is 57.1 Å². The molecule has 5 aromatic rings. The van der Waals surface area contributed by atoms with E-state index >= 15 is 0 Å². The molecule has 0 aliphatic heterocycles. The van der Waals surface area contributed by atoms with Crippen LogP contribution in [0.5, 0.6) is 11.5 Å². The maximum Gasteiger partial charge on any atom is 0.335 e. The molecular weight excluding hydrogens is 907 g/mol. The molecule has 0 amide bonds. The van der Waals surface area contributed by atoms with Crippen molar-refractivity contribution in [3.8, 4) is 36.2 Å². The highest BCUT2D eigenvalue weighted by molar-refractivity contribution is 5.94. The van der Waals surface area contributed by atoms with Gasteiger partial charge in [0.05, 0.1) is 11.1 Å². The van der Waals surface area contributed by atoms with Gasteiger partial charge in [0.25, 0.3) is 0 Å². The number of ketones is 2. The molecule has 0 saturated carbocycles. The largest absolute Gasteiger partial charge is 0.478 e. The van der Waals surface area contributed by atoms with Gasteiger partial charge in [0, 0.05) is 16.7 Å². The average molecular weight is 933 g/mol. The summed E-state index contributed by atoms with van der Waals surface area (Å²) in [6.45, 7) is 1.84. The van der Waals surface area contributed by atoms with Crippen LogP contribution in [0, 0.1) is 100 Å². The van der Waals surface area contributed by atoms with E-state index in [-0.39, 0.29) is 36.2 Å². The summed E-state index contributed by atoms with van der Waals surface area (Å²) >= 11 is 0. The minimum Gasteiger partial charge on any atom is -0.478 e. The molecule has 0 aliphatic carbocycles. The zero-order chi connectivity index (χ0) is 49.9. The molecule has 0 heterocycles. The Kier molecular flexibility index (Phi) is 21.7. The molecule has 0 aromatic heterocycles. The first-order chi connectivity index (χ1) is 30.3. The van der Waals surface area contributed by atoms with Gasteiger partial charge < -0.3 is 19.7 Å². The number of hydrogen-bond donors (Lipinski definition) is 2. The summed E-state index contributed by atoms with van der Waals surface area (Å²) in [6.07, 6.45) is 9.96. The van der Waals surface area contributed by atoms with Gasteiger partial charge in [0.1, 0.15) is 19.5 Å². The third-order valence-corrected chi connectivity index (χ3v) is 7.01. The number of carboxylic acids is 2. The highest BCUT2D eigenvalue weighted by Crippen LogP contribution is 2.25. The summed E-state index contributed by atoms with van der Waals surface area (Å²) in [6, 6.07) is 6.59. The second kappa shape index (κ2) is 25.7. The second-order valence-electron chi connectivity index (χ2n) is 11.7. The van der Waals surface area contributed by atoms with Crippen molar-refractivity contribution in [1.29, 1.82) is 0 Å². The number of carbonyl (C=O) groups excluding carboxylic acids is 3. The monoisotopic (exact) mass is 932 g/mol. The van der Waals surface area contributed by atoms with E-state index in [9.17, 15) is 81.0 Å². The van der Waals surface area contributed by atoms with Crippen LogP contribution >= 0.6 is 0 Å². The Hall–Kier alpha value is -8.14. The molecule has 2 N–H and O–H groups in total. The van der Waals surface area contributed by atoms with E-state index in [1.165, 1.54) is 6.92 Å². The molecule has 0 aliphatic rings. The number of terminal acetylenes is 2. The van der Waals surface area contributed by atoms with Gasteiger partial charge in [-0.25, -0.2) is 66.7 Å². The van der Waals surface area contributed by atoms with Gasteiger partial charge in [0.15, 0.2) is 98.7 Å². The lowest BCUT2D eigenvalue weighted by molar-refractivity contribution is 0.0685. The van der Waals surface area contributed by atoms with Crippen LogP contribution in [-0.4, -0.2) is 53.2 Å². The van der Waals surface area contributed by atoms with Gasteiger partial charge in [-0.05, 0) is 74.5 Å². The van der Waals surface area contributed by atoms with Crippen LogP contribution in [0.3, 0.4) is 0 Å². The Morgan fingerprint density at radius 3 is 0.923 bits per heavy atom. The van der Waals surface area contributed by atoms with Crippen molar-refractivity contribution in [3.63, 3.8) is 0 Å². The number of rotatable bonds is 9.